The molecule has 4 aromatic rings. The first kappa shape index (κ1) is 23.9. The number of anilines is 2. The number of alkyl halides is 3. The van der Waals surface area contributed by atoms with E-state index < -0.39 is 29.5 Å². The Kier molecular flexibility index (Phi) is 5.95. The fourth-order valence-electron chi connectivity index (χ4n) is 4.24. The van der Waals surface area contributed by atoms with Crippen LogP contribution in [0, 0.1) is 5.82 Å². The molecule has 2 N–H and O–H groups in total. The monoisotopic (exact) mass is 513 g/mol. The fraction of sp³-hybridized carbons (Fsp3) is 0.160. The van der Waals surface area contributed by atoms with E-state index in [-0.39, 0.29) is 11.1 Å². The van der Waals surface area contributed by atoms with Crippen LogP contribution in [0.2, 0.25) is 0 Å². The second kappa shape index (κ2) is 8.98. The molecule has 5 rings (SSSR count). The van der Waals surface area contributed by atoms with Gasteiger partial charge < -0.3 is 10.6 Å². The highest BCUT2D eigenvalue weighted by atomic mass is 32.2. The minimum atomic E-state index is -4.84. The van der Waals surface area contributed by atoms with Crippen molar-refractivity contribution in [3.05, 3.63) is 89.1 Å². The number of hydrogen-bond donors (Lipinski definition) is 2. The summed E-state index contributed by atoms with van der Waals surface area (Å²) in [6.07, 6.45) is 0.335. The molecule has 1 atom stereocenters. The van der Waals surface area contributed by atoms with Crippen LogP contribution in [-0.4, -0.2) is 26.9 Å². The molecule has 0 saturated carbocycles. The highest BCUT2D eigenvalue weighted by Gasteiger charge is 2.37. The van der Waals surface area contributed by atoms with E-state index in [9.17, 15) is 22.4 Å². The number of pyridine rings is 1. The lowest BCUT2D eigenvalue weighted by Crippen LogP contribution is -2.31. The highest BCUT2D eigenvalue weighted by molar-refractivity contribution is 7.98. The highest BCUT2D eigenvalue weighted by Crippen LogP contribution is 2.40. The topological polar surface area (TPSA) is 71.8 Å². The number of thioether (sulfide) groups is 1. The van der Waals surface area contributed by atoms with Crippen molar-refractivity contribution < 1.29 is 22.4 Å². The van der Waals surface area contributed by atoms with Crippen LogP contribution in [0.4, 0.5) is 29.1 Å². The smallest absolute Gasteiger partial charge is 0.344 e. The zero-order chi connectivity index (χ0) is 25.6. The predicted molar refractivity (Wildman–Crippen MR) is 130 cm³/mol. The van der Waals surface area contributed by atoms with Gasteiger partial charge in [0, 0.05) is 35.2 Å². The molecule has 1 amide bonds. The average molecular weight is 514 g/mol. The maximum absolute atomic E-state index is 14.6. The van der Waals surface area contributed by atoms with Crippen LogP contribution in [-0.2, 0) is 11.0 Å². The number of aromatic nitrogens is 3. The van der Waals surface area contributed by atoms with Crippen LogP contribution >= 0.6 is 11.8 Å². The summed E-state index contributed by atoms with van der Waals surface area (Å²) in [6.45, 7) is 1.68. The Hall–Kier alpha value is -3.86. The molecule has 0 bridgehead atoms. The zero-order valence-electron chi connectivity index (χ0n) is 19.0. The van der Waals surface area contributed by atoms with Crippen molar-refractivity contribution in [2.24, 2.45) is 0 Å². The van der Waals surface area contributed by atoms with Gasteiger partial charge in [0.1, 0.15) is 22.7 Å². The van der Waals surface area contributed by atoms with E-state index in [0.717, 1.165) is 16.8 Å². The summed E-state index contributed by atoms with van der Waals surface area (Å²) >= 11 is 1.36. The Morgan fingerprint density at radius 2 is 1.92 bits per heavy atom. The van der Waals surface area contributed by atoms with Gasteiger partial charge in [-0.3, -0.25) is 9.78 Å². The number of hydrogen-bond acceptors (Lipinski definition) is 5. The van der Waals surface area contributed by atoms with Crippen LogP contribution < -0.4 is 10.6 Å². The third-order valence-corrected chi connectivity index (χ3v) is 6.54. The summed E-state index contributed by atoms with van der Waals surface area (Å²) in [7, 11) is 0. The molecule has 184 valence electrons. The van der Waals surface area contributed by atoms with Crippen LogP contribution in [0.1, 0.15) is 24.1 Å². The van der Waals surface area contributed by atoms with Gasteiger partial charge in [-0.25, -0.2) is 9.07 Å². The van der Waals surface area contributed by atoms with Crippen LogP contribution in [0.15, 0.2) is 77.2 Å². The van der Waals surface area contributed by atoms with E-state index in [4.69, 9.17) is 0 Å². The van der Waals surface area contributed by atoms with Crippen molar-refractivity contribution in [3.8, 4) is 0 Å². The lowest BCUT2D eigenvalue weighted by Gasteiger charge is -2.30. The number of allylic oxidation sites excluding steroid dienone is 1. The summed E-state index contributed by atoms with van der Waals surface area (Å²) in [5.41, 5.74) is -0.0152. The van der Waals surface area contributed by atoms with Gasteiger partial charge in [-0.15, -0.1) is 11.8 Å². The Bertz CT molecular complexity index is 1530. The summed E-state index contributed by atoms with van der Waals surface area (Å²) in [4.78, 5) is 17.6. The molecule has 0 spiro atoms. The number of benzene rings is 2. The number of carbonyl (C=O) groups is 1. The molecular formula is C25H19F4N5OS. The van der Waals surface area contributed by atoms with Crippen LogP contribution in [0.25, 0.3) is 10.8 Å². The molecule has 1 aliphatic rings. The van der Waals surface area contributed by atoms with E-state index >= 15 is 0 Å². The molecule has 2 aromatic heterocycles. The number of amides is 1. The van der Waals surface area contributed by atoms with Gasteiger partial charge in [0.05, 0.1) is 11.1 Å². The largest absolute Gasteiger partial charge is 0.419 e. The van der Waals surface area contributed by atoms with E-state index in [2.05, 4.69) is 20.7 Å². The molecule has 1 unspecified atom stereocenters. The van der Waals surface area contributed by atoms with Crippen molar-refractivity contribution in [1.82, 2.24) is 14.8 Å². The number of carbonyl (C=O) groups excluding carboxylic acids is 1. The molecule has 1 aliphatic heterocycles. The maximum atomic E-state index is 14.6. The van der Waals surface area contributed by atoms with Crippen molar-refractivity contribution >= 4 is 39.9 Å². The van der Waals surface area contributed by atoms with Crippen molar-refractivity contribution in [1.29, 1.82) is 0 Å². The van der Waals surface area contributed by atoms with Gasteiger partial charge in [-0.1, -0.05) is 12.1 Å². The first-order chi connectivity index (χ1) is 17.2. The Morgan fingerprint density at radius 3 is 2.64 bits per heavy atom. The molecule has 0 saturated heterocycles. The molecule has 0 fully saturated rings. The number of halogens is 4. The second-order valence-corrected chi connectivity index (χ2v) is 9.04. The Balaban J connectivity index is 1.58. The summed E-state index contributed by atoms with van der Waals surface area (Å²) < 4.78 is 55.6. The standard InChI is InChI=1S/C25H19F4N5OS/c1-13-22(24(35)32-17-5-3-16-12-30-8-7-14(16)9-17)23(34-20(31-13)11-21(33-34)36-2)15-4-6-18(19(26)10-15)25(27,28)29/h3-12,23,31H,1-2H3,(H,32,35). The molecule has 36 heavy (non-hydrogen) atoms. The van der Waals surface area contributed by atoms with Gasteiger partial charge in [0.25, 0.3) is 5.91 Å². The molecule has 6 nitrogen and oxygen atoms in total. The Labute approximate surface area is 207 Å². The number of nitrogens with one attached hydrogen (secondary N) is 2. The number of rotatable bonds is 4. The third-order valence-electron chi connectivity index (χ3n) is 5.92. The number of nitrogens with zero attached hydrogens (tertiary/aromatic N) is 3. The van der Waals surface area contributed by atoms with E-state index in [1.807, 2.05) is 18.4 Å². The minimum absolute atomic E-state index is 0.160. The van der Waals surface area contributed by atoms with Gasteiger partial charge in [-0.05, 0) is 54.5 Å². The van der Waals surface area contributed by atoms with Gasteiger partial charge in [0.2, 0.25) is 0 Å². The van der Waals surface area contributed by atoms with Crippen molar-refractivity contribution in [2.75, 3.05) is 16.9 Å². The Morgan fingerprint density at radius 1 is 1.11 bits per heavy atom. The molecule has 3 heterocycles. The van der Waals surface area contributed by atoms with E-state index in [1.54, 1.807) is 37.5 Å². The SMILES string of the molecule is CSc1cc2n(n1)C(c1ccc(C(F)(F)F)c(F)c1)C(C(=O)Nc1ccc3cnccc3c1)=C(C)N2. The normalized spacial score (nSPS) is 15.6. The van der Waals surface area contributed by atoms with Crippen molar-refractivity contribution in [3.63, 3.8) is 0 Å². The summed E-state index contributed by atoms with van der Waals surface area (Å²) in [5.74, 6) is -1.37. The molecule has 0 radical (unpaired) electrons. The lowest BCUT2D eigenvalue weighted by atomic mass is 9.93. The van der Waals surface area contributed by atoms with Crippen LogP contribution in [0.5, 0.6) is 0 Å². The quantitative estimate of drug-likeness (QED) is 0.250. The van der Waals surface area contributed by atoms with Gasteiger partial charge >= 0.3 is 6.18 Å². The molecule has 11 heteroatoms. The molecular weight excluding hydrogens is 494 g/mol. The minimum Gasteiger partial charge on any atom is -0.344 e. The molecule has 2 aromatic carbocycles. The van der Waals surface area contributed by atoms with Gasteiger partial charge in [0.15, 0.2) is 0 Å². The van der Waals surface area contributed by atoms with E-state index in [1.165, 1.54) is 22.5 Å². The predicted octanol–water partition coefficient (Wildman–Crippen LogP) is 6.24. The number of fused-ring (bicyclic) bond motifs is 2. The lowest BCUT2D eigenvalue weighted by molar-refractivity contribution is -0.140. The second-order valence-electron chi connectivity index (χ2n) is 8.21. The fourth-order valence-corrected chi connectivity index (χ4v) is 4.64. The van der Waals surface area contributed by atoms with Crippen LogP contribution in [0.3, 0.4) is 0 Å². The summed E-state index contributed by atoms with van der Waals surface area (Å²) in [5, 5.41) is 12.9. The van der Waals surface area contributed by atoms with Gasteiger partial charge in [-0.2, -0.15) is 18.3 Å². The average Bonchev–Trinajstić information content (AvgIpc) is 3.24. The first-order valence-electron chi connectivity index (χ1n) is 10.8. The van der Waals surface area contributed by atoms with Crippen molar-refractivity contribution in [2.45, 2.75) is 24.2 Å². The van der Waals surface area contributed by atoms with E-state index in [0.29, 0.717) is 28.3 Å². The summed E-state index contributed by atoms with van der Waals surface area (Å²) in [6, 6.07) is 10.6. The molecule has 0 aliphatic carbocycles. The maximum Gasteiger partial charge on any atom is 0.419 e. The third kappa shape index (κ3) is 4.30. The first-order valence-corrected chi connectivity index (χ1v) is 12.0. The zero-order valence-corrected chi connectivity index (χ0v) is 19.8.